The van der Waals surface area contributed by atoms with E-state index in [0.29, 0.717) is 23.8 Å². The van der Waals surface area contributed by atoms with E-state index in [1.54, 1.807) is 12.1 Å². The smallest absolute Gasteiger partial charge is 0.387 e. The van der Waals surface area contributed by atoms with Crippen LogP contribution in [-0.4, -0.2) is 30.4 Å². The summed E-state index contributed by atoms with van der Waals surface area (Å²) in [6.45, 7) is -2.00. The molecule has 0 saturated heterocycles. The zero-order valence-corrected chi connectivity index (χ0v) is 11.0. The first kappa shape index (κ1) is 14.4. The molecule has 0 amide bonds. The molecule has 2 rings (SSSR count). The lowest BCUT2D eigenvalue weighted by atomic mass is 10.2. The fraction of sp³-hybridized carbons (Fsp3) is 0.385. The van der Waals surface area contributed by atoms with Gasteiger partial charge in [-0.2, -0.15) is 8.78 Å². The summed E-state index contributed by atoms with van der Waals surface area (Å²) in [6.07, 6.45) is 1.55. The summed E-state index contributed by atoms with van der Waals surface area (Å²) in [4.78, 5) is 0. The first-order valence-electron chi connectivity index (χ1n) is 6.21. The molecule has 0 aliphatic heterocycles. The van der Waals surface area contributed by atoms with Crippen molar-refractivity contribution in [1.29, 1.82) is 0 Å². The third-order valence-electron chi connectivity index (χ3n) is 2.59. The number of alkyl halides is 2. The highest BCUT2D eigenvalue weighted by atomic mass is 19.3. The van der Waals surface area contributed by atoms with E-state index in [-0.39, 0.29) is 5.75 Å². The Bertz CT molecular complexity index is 546. The lowest BCUT2D eigenvalue weighted by molar-refractivity contribution is -0.0498. The highest BCUT2D eigenvalue weighted by Gasteiger charge is 2.10. The normalized spacial score (nSPS) is 11.0. The molecule has 1 aromatic carbocycles. The number of hydrogen-bond donors (Lipinski definition) is 1. The number of benzene rings is 1. The summed E-state index contributed by atoms with van der Waals surface area (Å²) in [5.41, 5.74) is 0.551. The molecule has 1 heterocycles. The summed E-state index contributed by atoms with van der Waals surface area (Å²) in [5, 5.41) is 10.9. The summed E-state index contributed by atoms with van der Waals surface area (Å²) in [6, 6.07) is 6.18. The molecule has 0 aliphatic rings. The van der Waals surface area contributed by atoms with E-state index in [1.807, 2.05) is 7.05 Å². The van der Waals surface area contributed by atoms with E-state index in [1.165, 1.54) is 12.1 Å². The molecule has 20 heavy (non-hydrogen) atoms. The Labute approximate surface area is 115 Å². The molecule has 0 aliphatic carbocycles. The van der Waals surface area contributed by atoms with E-state index >= 15 is 0 Å². The minimum atomic E-state index is -2.86. The molecular weight excluding hydrogens is 268 g/mol. The van der Waals surface area contributed by atoms with Crippen LogP contribution in [0.25, 0.3) is 11.5 Å². The number of ether oxygens (including phenoxy) is 1. The van der Waals surface area contributed by atoms with Crippen LogP contribution in [0.2, 0.25) is 0 Å². The monoisotopic (exact) mass is 283 g/mol. The Morgan fingerprint density at radius 3 is 2.95 bits per heavy atom. The molecule has 0 bridgehead atoms. The quantitative estimate of drug-likeness (QED) is 0.791. The highest BCUT2D eigenvalue weighted by Crippen LogP contribution is 2.24. The van der Waals surface area contributed by atoms with Gasteiger partial charge in [0.2, 0.25) is 11.8 Å². The molecule has 0 atom stereocenters. The predicted molar refractivity (Wildman–Crippen MR) is 68.6 cm³/mol. The van der Waals surface area contributed by atoms with Crippen molar-refractivity contribution in [3.63, 3.8) is 0 Å². The first-order chi connectivity index (χ1) is 9.69. The molecule has 0 spiro atoms. The second kappa shape index (κ2) is 6.95. The maximum Gasteiger partial charge on any atom is 0.387 e. The maximum atomic E-state index is 12.2. The number of aryl methyl sites for hydroxylation is 1. The van der Waals surface area contributed by atoms with Crippen LogP contribution in [0.5, 0.6) is 5.75 Å². The summed E-state index contributed by atoms with van der Waals surface area (Å²) in [7, 11) is 1.87. The van der Waals surface area contributed by atoms with Crippen LogP contribution in [0.1, 0.15) is 12.3 Å². The van der Waals surface area contributed by atoms with Gasteiger partial charge in [-0.3, -0.25) is 0 Å². The SMILES string of the molecule is CNCCCc1nnc(-c2cccc(OC(F)F)c2)o1. The Morgan fingerprint density at radius 2 is 2.20 bits per heavy atom. The molecule has 0 unspecified atom stereocenters. The number of halogens is 2. The number of nitrogens with one attached hydrogen (secondary N) is 1. The molecule has 0 radical (unpaired) electrons. The van der Waals surface area contributed by atoms with Crippen LogP contribution in [-0.2, 0) is 6.42 Å². The van der Waals surface area contributed by atoms with Crippen LogP contribution in [0, 0.1) is 0 Å². The van der Waals surface area contributed by atoms with Gasteiger partial charge in [-0.25, -0.2) is 0 Å². The van der Waals surface area contributed by atoms with Crippen molar-refractivity contribution in [2.24, 2.45) is 0 Å². The van der Waals surface area contributed by atoms with Gasteiger partial charge < -0.3 is 14.5 Å². The number of hydrogen-bond acceptors (Lipinski definition) is 5. The molecular formula is C13H15F2N3O2. The van der Waals surface area contributed by atoms with Crippen LogP contribution >= 0.6 is 0 Å². The van der Waals surface area contributed by atoms with Crippen molar-refractivity contribution in [2.45, 2.75) is 19.5 Å². The van der Waals surface area contributed by atoms with Crippen molar-refractivity contribution in [1.82, 2.24) is 15.5 Å². The standard InChI is InChI=1S/C13H15F2N3O2/c1-16-7-3-6-11-17-18-12(20-11)9-4-2-5-10(8-9)19-13(14)15/h2,4-5,8,13,16H,3,6-7H2,1H3. The van der Waals surface area contributed by atoms with Crippen LogP contribution in [0.3, 0.4) is 0 Å². The van der Waals surface area contributed by atoms with E-state index < -0.39 is 6.61 Å². The first-order valence-corrected chi connectivity index (χ1v) is 6.21. The summed E-state index contributed by atoms with van der Waals surface area (Å²) < 4.78 is 34.1. The largest absolute Gasteiger partial charge is 0.435 e. The Kier molecular flexibility index (Phi) is 5.00. The van der Waals surface area contributed by atoms with Crippen molar-refractivity contribution < 1.29 is 17.9 Å². The number of nitrogens with zero attached hydrogens (tertiary/aromatic N) is 2. The van der Waals surface area contributed by atoms with E-state index in [9.17, 15) is 8.78 Å². The summed E-state index contributed by atoms with van der Waals surface area (Å²) in [5.74, 6) is 0.882. The van der Waals surface area contributed by atoms with Gasteiger partial charge in [-0.15, -0.1) is 10.2 Å². The van der Waals surface area contributed by atoms with Gasteiger partial charge in [0.05, 0.1) is 0 Å². The third-order valence-corrected chi connectivity index (χ3v) is 2.59. The highest BCUT2D eigenvalue weighted by molar-refractivity contribution is 5.55. The third kappa shape index (κ3) is 3.99. The van der Waals surface area contributed by atoms with Crippen molar-refractivity contribution in [2.75, 3.05) is 13.6 Å². The molecule has 108 valence electrons. The predicted octanol–water partition coefficient (Wildman–Crippen LogP) is 2.49. The van der Waals surface area contributed by atoms with Gasteiger partial charge in [0, 0.05) is 12.0 Å². The van der Waals surface area contributed by atoms with Crippen LogP contribution < -0.4 is 10.1 Å². The number of aromatic nitrogens is 2. The van der Waals surface area contributed by atoms with Crippen LogP contribution in [0.4, 0.5) is 8.78 Å². The maximum absolute atomic E-state index is 12.2. The molecule has 7 heteroatoms. The van der Waals surface area contributed by atoms with E-state index in [0.717, 1.165) is 13.0 Å². The van der Waals surface area contributed by atoms with Gasteiger partial charge >= 0.3 is 6.61 Å². The van der Waals surface area contributed by atoms with Gasteiger partial charge in [-0.05, 0) is 38.2 Å². The average molecular weight is 283 g/mol. The van der Waals surface area contributed by atoms with Gasteiger partial charge in [0.25, 0.3) is 0 Å². The van der Waals surface area contributed by atoms with Crippen molar-refractivity contribution in [3.05, 3.63) is 30.2 Å². The molecule has 1 aromatic heterocycles. The van der Waals surface area contributed by atoms with Gasteiger partial charge in [0.1, 0.15) is 5.75 Å². The van der Waals surface area contributed by atoms with E-state index in [4.69, 9.17) is 4.42 Å². The fourth-order valence-electron chi connectivity index (χ4n) is 1.69. The average Bonchev–Trinajstić information content (AvgIpc) is 2.87. The van der Waals surface area contributed by atoms with Crippen molar-refractivity contribution >= 4 is 0 Å². The Morgan fingerprint density at radius 1 is 1.35 bits per heavy atom. The van der Waals surface area contributed by atoms with E-state index in [2.05, 4.69) is 20.3 Å². The topological polar surface area (TPSA) is 60.2 Å². The van der Waals surface area contributed by atoms with Gasteiger partial charge in [0.15, 0.2) is 0 Å². The lowest BCUT2D eigenvalue weighted by Gasteiger charge is -2.04. The minimum absolute atomic E-state index is 0.0624. The second-order valence-corrected chi connectivity index (χ2v) is 4.11. The zero-order valence-electron chi connectivity index (χ0n) is 11.0. The zero-order chi connectivity index (χ0) is 14.4. The Hall–Kier alpha value is -2.02. The minimum Gasteiger partial charge on any atom is -0.435 e. The summed E-state index contributed by atoms with van der Waals surface area (Å²) >= 11 is 0. The van der Waals surface area contributed by atoms with Crippen molar-refractivity contribution in [3.8, 4) is 17.2 Å². The molecule has 2 aromatic rings. The second-order valence-electron chi connectivity index (χ2n) is 4.11. The lowest BCUT2D eigenvalue weighted by Crippen LogP contribution is -2.08. The fourth-order valence-corrected chi connectivity index (χ4v) is 1.69. The number of rotatable bonds is 7. The molecule has 5 nitrogen and oxygen atoms in total. The van der Waals surface area contributed by atoms with Gasteiger partial charge in [-0.1, -0.05) is 6.07 Å². The molecule has 1 N–H and O–H groups in total. The molecule has 0 fully saturated rings. The van der Waals surface area contributed by atoms with Crippen LogP contribution in [0.15, 0.2) is 28.7 Å². The molecule has 0 saturated carbocycles. The Balaban J connectivity index is 2.07.